The van der Waals surface area contributed by atoms with E-state index in [1.807, 2.05) is 0 Å². The van der Waals surface area contributed by atoms with Gasteiger partial charge in [0.15, 0.2) is 0 Å². The van der Waals surface area contributed by atoms with Crippen molar-refractivity contribution in [1.29, 1.82) is 0 Å². The van der Waals surface area contributed by atoms with Gasteiger partial charge in [-0.15, -0.1) is 0 Å². The molecular weight excluding hydrogens is 373 g/mol. The first-order valence-corrected chi connectivity index (χ1v) is 8.43. The molecule has 1 fully saturated rings. The van der Waals surface area contributed by atoms with Crippen molar-refractivity contribution in [2.75, 3.05) is 11.9 Å². The number of rotatable bonds is 2. The fourth-order valence-corrected chi connectivity index (χ4v) is 2.85. The van der Waals surface area contributed by atoms with Crippen molar-refractivity contribution < 1.29 is 27.5 Å². The summed E-state index contributed by atoms with van der Waals surface area (Å²) in [6, 6.07) is 2.32. The van der Waals surface area contributed by atoms with Crippen LogP contribution in [0.1, 0.15) is 39.2 Å². The maximum Gasteiger partial charge on any atom is 0.417 e. The van der Waals surface area contributed by atoms with Gasteiger partial charge in [0.2, 0.25) is 5.91 Å². The Morgan fingerprint density at radius 3 is 2.50 bits per heavy atom. The number of ether oxygens (including phenoxy) is 1. The van der Waals surface area contributed by atoms with Crippen LogP contribution in [0.25, 0.3) is 0 Å². The lowest BCUT2D eigenvalue weighted by Crippen LogP contribution is -2.45. The first-order valence-electron chi connectivity index (χ1n) is 8.06. The van der Waals surface area contributed by atoms with Gasteiger partial charge in [0.05, 0.1) is 10.6 Å². The Kier molecular flexibility index (Phi) is 5.75. The van der Waals surface area contributed by atoms with E-state index >= 15 is 0 Å². The molecule has 0 spiro atoms. The van der Waals surface area contributed by atoms with Crippen molar-refractivity contribution in [3.63, 3.8) is 0 Å². The minimum Gasteiger partial charge on any atom is -0.444 e. The van der Waals surface area contributed by atoms with Crippen LogP contribution >= 0.6 is 11.6 Å². The van der Waals surface area contributed by atoms with Gasteiger partial charge in [0.1, 0.15) is 11.6 Å². The van der Waals surface area contributed by atoms with Crippen LogP contribution in [0.2, 0.25) is 5.02 Å². The number of hydrogen-bond donors (Lipinski definition) is 1. The van der Waals surface area contributed by atoms with Gasteiger partial charge in [-0.3, -0.25) is 9.69 Å². The van der Waals surface area contributed by atoms with E-state index < -0.39 is 40.4 Å². The number of hydrogen-bond acceptors (Lipinski definition) is 3. The van der Waals surface area contributed by atoms with Gasteiger partial charge in [0, 0.05) is 12.2 Å². The van der Waals surface area contributed by atoms with Gasteiger partial charge in [-0.25, -0.2) is 4.79 Å². The lowest BCUT2D eigenvalue weighted by Gasteiger charge is -2.28. The van der Waals surface area contributed by atoms with E-state index in [0.717, 1.165) is 12.1 Å². The minimum absolute atomic E-state index is 0.0391. The molecule has 1 aromatic carbocycles. The predicted molar refractivity (Wildman–Crippen MR) is 91.0 cm³/mol. The first-order chi connectivity index (χ1) is 11.9. The van der Waals surface area contributed by atoms with Crippen LogP contribution in [0.5, 0.6) is 0 Å². The zero-order valence-corrected chi connectivity index (χ0v) is 15.4. The summed E-state index contributed by atoms with van der Waals surface area (Å²) in [5.41, 5.74) is -1.78. The molecule has 2 rings (SSSR count). The summed E-state index contributed by atoms with van der Waals surface area (Å²) in [7, 11) is 0. The minimum atomic E-state index is -4.63. The summed E-state index contributed by atoms with van der Waals surface area (Å²) in [6.45, 7) is 5.48. The number of carbonyl (C=O) groups excluding carboxylic acids is 2. The summed E-state index contributed by atoms with van der Waals surface area (Å²) >= 11 is 5.57. The standard InChI is InChI=1S/C17H20ClF3N2O3/c1-16(2,3)26-15(25)23-8-4-5-13(23)14(24)22-10-6-7-12(18)11(9-10)17(19,20)21/h6-7,9,13H,4-5,8H2,1-3H3,(H,22,24). The normalized spacial score (nSPS) is 18.0. The number of amides is 2. The van der Waals surface area contributed by atoms with Crippen LogP contribution in [0.3, 0.4) is 0 Å². The zero-order chi connectivity index (χ0) is 19.7. The van der Waals surface area contributed by atoms with E-state index in [9.17, 15) is 22.8 Å². The molecule has 1 aliphatic heterocycles. The smallest absolute Gasteiger partial charge is 0.417 e. The molecule has 0 aromatic heterocycles. The van der Waals surface area contributed by atoms with Crippen molar-refractivity contribution in [2.45, 2.75) is 51.4 Å². The highest BCUT2D eigenvalue weighted by Gasteiger charge is 2.37. The molecule has 9 heteroatoms. The van der Waals surface area contributed by atoms with Crippen LogP contribution in [0, 0.1) is 0 Å². The summed E-state index contributed by atoms with van der Waals surface area (Å²) in [6.07, 6.45) is -4.24. The summed E-state index contributed by atoms with van der Waals surface area (Å²) in [5.74, 6) is -0.566. The number of alkyl halides is 3. The lowest BCUT2D eigenvalue weighted by atomic mass is 10.1. The lowest BCUT2D eigenvalue weighted by molar-refractivity contribution is -0.137. The number of nitrogens with zero attached hydrogens (tertiary/aromatic N) is 1. The van der Waals surface area contributed by atoms with Gasteiger partial charge in [-0.1, -0.05) is 11.6 Å². The van der Waals surface area contributed by atoms with Crippen molar-refractivity contribution >= 4 is 29.3 Å². The van der Waals surface area contributed by atoms with E-state index in [0.29, 0.717) is 19.4 Å². The molecule has 26 heavy (non-hydrogen) atoms. The third-order valence-electron chi connectivity index (χ3n) is 3.72. The Bertz CT molecular complexity index is 701. The maximum absolute atomic E-state index is 12.9. The zero-order valence-electron chi connectivity index (χ0n) is 14.6. The topological polar surface area (TPSA) is 58.6 Å². The highest BCUT2D eigenvalue weighted by atomic mass is 35.5. The van der Waals surface area contributed by atoms with Gasteiger partial charge in [0.25, 0.3) is 0 Å². The molecule has 0 aliphatic carbocycles. The van der Waals surface area contributed by atoms with E-state index in [1.165, 1.54) is 11.0 Å². The molecule has 1 aromatic rings. The fourth-order valence-electron chi connectivity index (χ4n) is 2.62. The quantitative estimate of drug-likeness (QED) is 0.793. The molecule has 1 N–H and O–H groups in total. The van der Waals surface area contributed by atoms with Gasteiger partial charge in [-0.05, 0) is 51.8 Å². The molecule has 2 amide bonds. The molecule has 1 saturated heterocycles. The van der Waals surface area contributed by atoms with E-state index in [-0.39, 0.29) is 5.69 Å². The average molecular weight is 393 g/mol. The number of nitrogens with one attached hydrogen (secondary N) is 1. The first kappa shape index (κ1) is 20.4. The van der Waals surface area contributed by atoms with E-state index in [2.05, 4.69) is 5.32 Å². The van der Waals surface area contributed by atoms with E-state index in [1.54, 1.807) is 20.8 Å². The van der Waals surface area contributed by atoms with Crippen molar-refractivity contribution in [3.8, 4) is 0 Å². The molecule has 5 nitrogen and oxygen atoms in total. The largest absolute Gasteiger partial charge is 0.444 e. The Morgan fingerprint density at radius 1 is 1.27 bits per heavy atom. The number of halogens is 4. The maximum atomic E-state index is 12.9. The monoisotopic (exact) mass is 392 g/mol. The number of anilines is 1. The van der Waals surface area contributed by atoms with Gasteiger partial charge >= 0.3 is 12.3 Å². The highest BCUT2D eigenvalue weighted by molar-refractivity contribution is 6.31. The molecule has 1 atom stereocenters. The molecule has 144 valence electrons. The van der Waals surface area contributed by atoms with Crippen molar-refractivity contribution in [2.24, 2.45) is 0 Å². The molecule has 1 heterocycles. The highest BCUT2D eigenvalue weighted by Crippen LogP contribution is 2.36. The third-order valence-corrected chi connectivity index (χ3v) is 4.05. The van der Waals surface area contributed by atoms with E-state index in [4.69, 9.17) is 16.3 Å². The Labute approximate surface area is 154 Å². The molecule has 0 saturated carbocycles. The average Bonchev–Trinajstić information content (AvgIpc) is 2.96. The second kappa shape index (κ2) is 7.34. The Hall–Kier alpha value is -1.96. The van der Waals surface area contributed by atoms with Crippen LogP contribution in [-0.2, 0) is 15.7 Å². The van der Waals surface area contributed by atoms with Crippen LogP contribution in [0.15, 0.2) is 18.2 Å². The third kappa shape index (κ3) is 5.03. The predicted octanol–water partition coefficient (Wildman–Crippen LogP) is 4.70. The molecule has 0 radical (unpaired) electrons. The summed E-state index contributed by atoms with van der Waals surface area (Å²) in [4.78, 5) is 26.0. The number of likely N-dealkylation sites (tertiary alicyclic amines) is 1. The molecule has 1 unspecified atom stereocenters. The summed E-state index contributed by atoms with van der Waals surface area (Å²) < 4.78 is 44.1. The second-order valence-electron chi connectivity index (χ2n) is 7.01. The molecular formula is C17H20ClF3N2O3. The SMILES string of the molecule is CC(C)(C)OC(=O)N1CCCC1C(=O)Nc1ccc(Cl)c(C(F)(F)F)c1. The van der Waals surface area contributed by atoms with Crippen LogP contribution in [0.4, 0.5) is 23.7 Å². The Balaban J connectivity index is 2.13. The summed E-state index contributed by atoms with van der Waals surface area (Å²) in [5, 5.41) is 1.97. The fraction of sp³-hybridized carbons (Fsp3) is 0.529. The molecule has 1 aliphatic rings. The Morgan fingerprint density at radius 2 is 1.92 bits per heavy atom. The van der Waals surface area contributed by atoms with Crippen LogP contribution < -0.4 is 5.32 Å². The number of benzene rings is 1. The van der Waals surface area contributed by atoms with Gasteiger partial charge in [-0.2, -0.15) is 13.2 Å². The second-order valence-corrected chi connectivity index (χ2v) is 7.42. The molecule has 0 bridgehead atoms. The van der Waals surface area contributed by atoms with Crippen molar-refractivity contribution in [3.05, 3.63) is 28.8 Å². The number of carbonyl (C=O) groups is 2. The van der Waals surface area contributed by atoms with Gasteiger partial charge < -0.3 is 10.1 Å². The van der Waals surface area contributed by atoms with Crippen molar-refractivity contribution in [1.82, 2.24) is 4.90 Å². The van der Waals surface area contributed by atoms with Crippen LogP contribution in [-0.4, -0.2) is 35.1 Å².